The predicted molar refractivity (Wildman–Crippen MR) is 64.1 cm³/mol. The van der Waals surface area contributed by atoms with Crippen molar-refractivity contribution in [2.45, 2.75) is 32.9 Å². The van der Waals surface area contributed by atoms with E-state index in [-0.39, 0.29) is 11.6 Å². The molecule has 16 heavy (non-hydrogen) atoms. The van der Waals surface area contributed by atoms with Gasteiger partial charge in [-0.05, 0) is 26.3 Å². The summed E-state index contributed by atoms with van der Waals surface area (Å²) >= 11 is 0. The fourth-order valence-electron chi connectivity index (χ4n) is 1.06. The molecule has 4 N–H and O–H groups in total. The molecule has 1 heterocycles. The molecule has 0 aliphatic carbocycles. The smallest absolute Gasteiger partial charge is 0.213 e. The standard InChI is InChI=1S/C11H18N4O/c1-11(2,3)16-9-5-4-8(6-14-9)7-15-10(12)13/h4-6H,7H2,1-3H3,(H4,12,13,15). The molecule has 88 valence electrons. The number of guanidine groups is 1. The Kier molecular flexibility index (Phi) is 3.71. The van der Waals surface area contributed by atoms with E-state index >= 15 is 0 Å². The minimum atomic E-state index is -0.242. The first-order chi connectivity index (χ1) is 7.37. The van der Waals surface area contributed by atoms with Crippen LogP contribution in [0.1, 0.15) is 26.3 Å². The first-order valence-electron chi connectivity index (χ1n) is 5.06. The molecule has 1 aromatic heterocycles. The maximum Gasteiger partial charge on any atom is 0.213 e. The van der Waals surface area contributed by atoms with Crippen LogP contribution in [-0.2, 0) is 6.54 Å². The second-order valence-corrected chi connectivity index (χ2v) is 4.46. The van der Waals surface area contributed by atoms with Gasteiger partial charge >= 0.3 is 0 Å². The summed E-state index contributed by atoms with van der Waals surface area (Å²) < 4.78 is 5.59. The van der Waals surface area contributed by atoms with Crippen molar-refractivity contribution >= 4 is 5.96 Å². The fraction of sp³-hybridized carbons (Fsp3) is 0.455. The molecule has 0 atom stereocenters. The van der Waals surface area contributed by atoms with Crippen molar-refractivity contribution in [1.82, 2.24) is 4.98 Å². The molecule has 0 radical (unpaired) electrons. The van der Waals surface area contributed by atoms with Crippen LogP contribution in [0.3, 0.4) is 0 Å². The highest BCUT2D eigenvalue weighted by Gasteiger charge is 2.12. The van der Waals surface area contributed by atoms with E-state index in [4.69, 9.17) is 16.2 Å². The van der Waals surface area contributed by atoms with Gasteiger partial charge in [-0.3, -0.25) is 0 Å². The SMILES string of the molecule is CC(C)(C)Oc1ccc(CN=C(N)N)cn1. The lowest BCUT2D eigenvalue weighted by Crippen LogP contribution is -2.23. The van der Waals surface area contributed by atoms with E-state index in [2.05, 4.69) is 9.98 Å². The zero-order valence-electron chi connectivity index (χ0n) is 9.90. The first kappa shape index (κ1) is 12.3. The molecule has 1 aromatic rings. The summed E-state index contributed by atoms with van der Waals surface area (Å²) in [6, 6.07) is 3.70. The van der Waals surface area contributed by atoms with E-state index in [0.29, 0.717) is 12.4 Å². The van der Waals surface area contributed by atoms with E-state index in [0.717, 1.165) is 5.56 Å². The second kappa shape index (κ2) is 4.83. The van der Waals surface area contributed by atoms with E-state index in [1.807, 2.05) is 32.9 Å². The van der Waals surface area contributed by atoms with E-state index in [9.17, 15) is 0 Å². The zero-order chi connectivity index (χ0) is 12.2. The lowest BCUT2D eigenvalue weighted by Gasteiger charge is -2.20. The molecule has 0 bridgehead atoms. The molecule has 0 aromatic carbocycles. The van der Waals surface area contributed by atoms with Crippen molar-refractivity contribution in [3.8, 4) is 5.88 Å². The molecule has 1 rings (SSSR count). The van der Waals surface area contributed by atoms with Crippen molar-refractivity contribution in [2.24, 2.45) is 16.5 Å². The van der Waals surface area contributed by atoms with E-state index < -0.39 is 0 Å². The molecule has 0 saturated carbocycles. The maximum atomic E-state index is 5.59. The molecule has 0 spiro atoms. The summed E-state index contributed by atoms with van der Waals surface area (Å²) in [6.45, 7) is 6.36. The summed E-state index contributed by atoms with van der Waals surface area (Å²) in [5.74, 6) is 0.677. The number of hydrogen-bond acceptors (Lipinski definition) is 3. The molecule has 0 fully saturated rings. The number of nitrogens with two attached hydrogens (primary N) is 2. The van der Waals surface area contributed by atoms with Crippen LogP contribution in [0.25, 0.3) is 0 Å². The van der Waals surface area contributed by atoms with Crippen LogP contribution in [0.4, 0.5) is 0 Å². The highest BCUT2D eigenvalue weighted by atomic mass is 16.5. The van der Waals surface area contributed by atoms with Crippen molar-refractivity contribution < 1.29 is 4.74 Å². The number of ether oxygens (including phenoxy) is 1. The predicted octanol–water partition coefficient (Wildman–Crippen LogP) is 1.03. The number of pyridine rings is 1. The Morgan fingerprint density at radius 2 is 2.06 bits per heavy atom. The van der Waals surface area contributed by atoms with Crippen molar-refractivity contribution in [1.29, 1.82) is 0 Å². The summed E-state index contributed by atoms with van der Waals surface area (Å²) in [4.78, 5) is 8.06. The van der Waals surface area contributed by atoms with Crippen LogP contribution < -0.4 is 16.2 Å². The topological polar surface area (TPSA) is 86.5 Å². The number of rotatable bonds is 3. The van der Waals surface area contributed by atoms with Crippen LogP contribution in [0.5, 0.6) is 5.88 Å². The molecule has 0 aliphatic rings. The van der Waals surface area contributed by atoms with Gasteiger partial charge in [0.1, 0.15) is 5.60 Å². The average Bonchev–Trinajstić information content (AvgIpc) is 2.14. The minimum absolute atomic E-state index is 0.0787. The molecule has 0 saturated heterocycles. The Bertz CT molecular complexity index is 361. The molecule has 5 nitrogen and oxygen atoms in total. The van der Waals surface area contributed by atoms with Gasteiger partial charge in [-0.1, -0.05) is 6.07 Å². The van der Waals surface area contributed by atoms with Gasteiger partial charge in [0, 0.05) is 12.3 Å². The van der Waals surface area contributed by atoms with E-state index in [1.165, 1.54) is 0 Å². The third kappa shape index (κ3) is 4.63. The van der Waals surface area contributed by atoms with Gasteiger partial charge in [0.25, 0.3) is 0 Å². The quantitative estimate of drug-likeness (QED) is 0.590. The molecular formula is C11H18N4O. The van der Waals surface area contributed by atoms with Gasteiger partial charge in [0.15, 0.2) is 5.96 Å². The minimum Gasteiger partial charge on any atom is -0.472 e. The Morgan fingerprint density at radius 3 is 2.50 bits per heavy atom. The second-order valence-electron chi connectivity index (χ2n) is 4.46. The summed E-state index contributed by atoms with van der Waals surface area (Å²) in [7, 11) is 0. The first-order valence-corrected chi connectivity index (χ1v) is 5.06. The zero-order valence-corrected chi connectivity index (χ0v) is 9.90. The fourth-order valence-corrected chi connectivity index (χ4v) is 1.06. The van der Waals surface area contributed by atoms with Crippen LogP contribution in [0.15, 0.2) is 23.3 Å². The van der Waals surface area contributed by atoms with Crippen LogP contribution in [0, 0.1) is 0 Å². The Morgan fingerprint density at radius 1 is 1.38 bits per heavy atom. The van der Waals surface area contributed by atoms with Crippen LogP contribution >= 0.6 is 0 Å². The van der Waals surface area contributed by atoms with Gasteiger partial charge in [-0.25, -0.2) is 9.98 Å². The largest absolute Gasteiger partial charge is 0.472 e. The molecule has 5 heteroatoms. The lowest BCUT2D eigenvalue weighted by molar-refractivity contribution is 0.124. The van der Waals surface area contributed by atoms with E-state index in [1.54, 1.807) is 6.20 Å². The maximum absolute atomic E-state index is 5.59. The third-order valence-electron chi connectivity index (χ3n) is 1.65. The Labute approximate surface area is 95.5 Å². The summed E-state index contributed by atoms with van der Waals surface area (Å²) in [6.07, 6.45) is 1.70. The number of nitrogens with zero attached hydrogens (tertiary/aromatic N) is 2. The van der Waals surface area contributed by atoms with Crippen molar-refractivity contribution in [3.05, 3.63) is 23.9 Å². The number of aliphatic imine (C=N–C) groups is 1. The highest BCUT2D eigenvalue weighted by molar-refractivity contribution is 5.75. The van der Waals surface area contributed by atoms with Crippen LogP contribution in [-0.4, -0.2) is 16.5 Å². The highest BCUT2D eigenvalue weighted by Crippen LogP contribution is 2.15. The molecule has 0 aliphatic heterocycles. The Hall–Kier alpha value is -1.78. The van der Waals surface area contributed by atoms with Gasteiger partial charge in [-0.15, -0.1) is 0 Å². The van der Waals surface area contributed by atoms with Gasteiger partial charge in [-0.2, -0.15) is 0 Å². The number of hydrogen-bond donors (Lipinski definition) is 2. The Balaban J connectivity index is 2.65. The summed E-state index contributed by atoms with van der Waals surface area (Å²) in [5.41, 5.74) is 11.2. The monoisotopic (exact) mass is 222 g/mol. The van der Waals surface area contributed by atoms with Gasteiger partial charge in [0.2, 0.25) is 5.88 Å². The normalized spacial score (nSPS) is 10.9. The summed E-state index contributed by atoms with van der Waals surface area (Å²) in [5, 5.41) is 0. The van der Waals surface area contributed by atoms with Gasteiger partial charge < -0.3 is 16.2 Å². The van der Waals surface area contributed by atoms with Crippen LogP contribution in [0.2, 0.25) is 0 Å². The molecule has 0 unspecified atom stereocenters. The molecular weight excluding hydrogens is 204 g/mol. The average molecular weight is 222 g/mol. The lowest BCUT2D eigenvalue weighted by atomic mass is 10.2. The van der Waals surface area contributed by atoms with Crippen molar-refractivity contribution in [3.63, 3.8) is 0 Å². The number of aromatic nitrogens is 1. The van der Waals surface area contributed by atoms with Gasteiger partial charge in [0.05, 0.1) is 6.54 Å². The third-order valence-corrected chi connectivity index (χ3v) is 1.65. The molecule has 0 amide bonds. The van der Waals surface area contributed by atoms with Crippen molar-refractivity contribution in [2.75, 3.05) is 0 Å².